The highest BCUT2D eigenvalue weighted by Gasteiger charge is 2.17. The largest absolute Gasteiger partial charge is 0.345 e. The molecule has 1 atom stereocenters. The SMILES string of the molecule is CC(C)C(CN)c1ncc(-c2ccc3nc[nH]c3c2)[nH]1. The lowest BCUT2D eigenvalue weighted by Crippen LogP contribution is -2.19. The molecule has 5 nitrogen and oxygen atoms in total. The third kappa shape index (κ3) is 2.20. The van der Waals surface area contributed by atoms with Gasteiger partial charge in [-0.3, -0.25) is 0 Å². The normalized spacial score (nSPS) is 13.2. The van der Waals surface area contributed by atoms with Crippen LogP contribution < -0.4 is 5.73 Å². The second-order valence-corrected chi connectivity index (χ2v) is 5.40. The molecule has 4 N–H and O–H groups in total. The molecule has 0 spiro atoms. The fraction of sp³-hybridized carbons (Fsp3) is 0.333. The molecule has 2 aromatic heterocycles. The molecular weight excluding hydrogens is 250 g/mol. The van der Waals surface area contributed by atoms with Crippen LogP contribution >= 0.6 is 0 Å². The summed E-state index contributed by atoms with van der Waals surface area (Å²) in [6, 6.07) is 6.13. The van der Waals surface area contributed by atoms with E-state index in [2.05, 4.69) is 39.8 Å². The summed E-state index contributed by atoms with van der Waals surface area (Å²) in [6.07, 6.45) is 3.58. The van der Waals surface area contributed by atoms with E-state index in [0.29, 0.717) is 12.5 Å². The monoisotopic (exact) mass is 269 g/mol. The molecular formula is C15H19N5. The van der Waals surface area contributed by atoms with Crippen LogP contribution in [0.1, 0.15) is 25.6 Å². The van der Waals surface area contributed by atoms with E-state index >= 15 is 0 Å². The summed E-state index contributed by atoms with van der Waals surface area (Å²) >= 11 is 0. The van der Waals surface area contributed by atoms with Crippen LogP contribution in [0.4, 0.5) is 0 Å². The number of nitrogens with one attached hydrogen (secondary N) is 2. The molecule has 0 bridgehead atoms. The van der Waals surface area contributed by atoms with Crippen LogP contribution in [-0.4, -0.2) is 26.5 Å². The van der Waals surface area contributed by atoms with Gasteiger partial charge in [0.05, 0.1) is 29.3 Å². The van der Waals surface area contributed by atoms with Crippen molar-refractivity contribution in [1.82, 2.24) is 19.9 Å². The Kier molecular flexibility index (Phi) is 3.28. The maximum absolute atomic E-state index is 5.84. The van der Waals surface area contributed by atoms with Gasteiger partial charge in [-0.15, -0.1) is 0 Å². The molecule has 1 unspecified atom stereocenters. The maximum Gasteiger partial charge on any atom is 0.111 e. The minimum Gasteiger partial charge on any atom is -0.345 e. The van der Waals surface area contributed by atoms with Crippen molar-refractivity contribution in [3.8, 4) is 11.3 Å². The molecule has 0 saturated carbocycles. The molecule has 0 radical (unpaired) electrons. The number of imidazole rings is 2. The Balaban J connectivity index is 1.96. The second kappa shape index (κ2) is 5.09. The van der Waals surface area contributed by atoms with E-state index < -0.39 is 0 Å². The third-order valence-corrected chi connectivity index (χ3v) is 3.74. The zero-order chi connectivity index (χ0) is 14.1. The minimum absolute atomic E-state index is 0.264. The molecule has 20 heavy (non-hydrogen) atoms. The average Bonchev–Trinajstić information content (AvgIpc) is 3.06. The van der Waals surface area contributed by atoms with Crippen molar-refractivity contribution in [1.29, 1.82) is 0 Å². The predicted molar refractivity (Wildman–Crippen MR) is 80.3 cm³/mol. The summed E-state index contributed by atoms with van der Waals surface area (Å²) in [5.74, 6) is 1.69. The Labute approximate surface area is 117 Å². The van der Waals surface area contributed by atoms with Gasteiger partial charge in [-0.05, 0) is 18.1 Å². The topological polar surface area (TPSA) is 83.4 Å². The lowest BCUT2D eigenvalue weighted by atomic mass is 9.95. The Hall–Kier alpha value is -2.14. The standard InChI is InChI=1S/C15H19N5/c1-9(2)11(6-16)15-17-7-14(20-15)10-3-4-12-13(5-10)19-8-18-12/h3-5,7-9,11H,6,16H2,1-2H3,(H,17,20)(H,18,19). The molecule has 104 valence electrons. The van der Waals surface area contributed by atoms with Crippen molar-refractivity contribution >= 4 is 11.0 Å². The van der Waals surface area contributed by atoms with Crippen LogP contribution in [-0.2, 0) is 0 Å². The quantitative estimate of drug-likeness (QED) is 0.681. The Morgan fingerprint density at radius 3 is 2.85 bits per heavy atom. The number of H-pyrrole nitrogens is 2. The first-order valence-electron chi connectivity index (χ1n) is 6.87. The van der Waals surface area contributed by atoms with Gasteiger partial charge in [0.2, 0.25) is 0 Å². The lowest BCUT2D eigenvalue weighted by molar-refractivity contribution is 0.487. The summed E-state index contributed by atoms with van der Waals surface area (Å²) < 4.78 is 0. The zero-order valence-corrected chi connectivity index (χ0v) is 11.7. The molecule has 1 aromatic carbocycles. The fourth-order valence-electron chi connectivity index (χ4n) is 2.47. The van der Waals surface area contributed by atoms with E-state index in [1.54, 1.807) is 6.33 Å². The van der Waals surface area contributed by atoms with Crippen LogP contribution in [0.25, 0.3) is 22.3 Å². The van der Waals surface area contributed by atoms with E-state index in [1.165, 1.54) is 0 Å². The van der Waals surface area contributed by atoms with Crippen molar-refractivity contribution in [3.63, 3.8) is 0 Å². The van der Waals surface area contributed by atoms with Crippen LogP contribution in [0.15, 0.2) is 30.7 Å². The van der Waals surface area contributed by atoms with Crippen molar-refractivity contribution in [2.75, 3.05) is 6.54 Å². The molecule has 0 fully saturated rings. The maximum atomic E-state index is 5.84. The van der Waals surface area contributed by atoms with Crippen LogP contribution in [0.3, 0.4) is 0 Å². The van der Waals surface area contributed by atoms with Crippen molar-refractivity contribution in [3.05, 3.63) is 36.5 Å². The van der Waals surface area contributed by atoms with Gasteiger partial charge in [-0.25, -0.2) is 9.97 Å². The Bertz CT molecular complexity index is 710. The number of hydrogen-bond donors (Lipinski definition) is 3. The van der Waals surface area contributed by atoms with E-state index in [-0.39, 0.29) is 5.92 Å². The van der Waals surface area contributed by atoms with Gasteiger partial charge < -0.3 is 15.7 Å². The van der Waals surface area contributed by atoms with Gasteiger partial charge >= 0.3 is 0 Å². The fourth-order valence-corrected chi connectivity index (χ4v) is 2.47. The summed E-state index contributed by atoms with van der Waals surface area (Å²) in [6.45, 7) is 4.93. The highest BCUT2D eigenvalue weighted by atomic mass is 14.9. The van der Waals surface area contributed by atoms with Crippen LogP contribution in [0.5, 0.6) is 0 Å². The number of nitrogens with zero attached hydrogens (tertiary/aromatic N) is 2. The summed E-state index contributed by atoms with van der Waals surface area (Å²) in [4.78, 5) is 15.2. The number of nitrogens with two attached hydrogens (primary N) is 1. The third-order valence-electron chi connectivity index (χ3n) is 3.74. The lowest BCUT2D eigenvalue weighted by Gasteiger charge is -2.15. The molecule has 2 heterocycles. The van der Waals surface area contributed by atoms with Gasteiger partial charge in [-0.2, -0.15) is 0 Å². The Morgan fingerprint density at radius 1 is 1.25 bits per heavy atom. The number of fused-ring (bicyclic) bond motifs is 1. The molecule has 0 amide bonds. The molecule has 3 aromatic rings. The van der Waals surface area contributed by atoms with E-state index in [9.17, 15) is 0 Å². The van der Waals surface area contributed by atoms with E-state index in [0.717, 1.165) is 28.1 Å². The molecule has 5 heteroatoms. The highest BCUT2D eigenvalue weighted by molar-refractivity contribution is 5.80. The van der Waals surface area contributed by atoms with Gasteiger partial charge in [-0.1, -0.05) is 19.9 Å². The number of aromatic nitrogens is 4. The number of hydrogen-bond acceptors (Lipinski definition) is 3. The number of benzene rings is 1. The molecule has 0 aliphatic carbocycles. The average molecular weight is 269 g/mol. The van der Waals surface area contributed by atoms with Gasteiger partial charge in [0.25, 0.3) is 0 Å². The molecule has 0 aliphatic heterocycles. The molecule has 0 aliphatic rings. The van der Waals surface area contributed by atoms with Gasteiger partial charge in [0.15, 0.2) is 0 Å². The Morgan fingerprint density at radius 2 is 2.10 bits per heavy atom. The van der Waals surface area contributed by atoms with Gasteiger partial charge in [0.1, 0.15) is 5.82 Å². The minimum atomic E-state index is 0.264. The van der Waals surface area contributed by atoms with E-state index in [4.69, 9.17) is 5.73 Å². The summed E-state index contributed by atoms with van der Waals surface area (Å²) in [5.41, 5.74) is 9.94. The zero-order valence-electron chi connectivity index (χ0n) is 11.7. The first kappa shape index (κ1) is 12.9. The summed E-state index contributed by atoms with van der Waals surface area (Å²) in [7, 11) is 0. The van der Waals surface area contributed by atoms with E-state index in [1.807, 2.05) is 18.3 Å². The smallest absolute Gasteiger partial charge is 0.111 e. The number of rotatable bonds is 4. The number of aromatic amines is 2. The molecule has 3 rings (SSSR count). The highest BCUT2D eigenvalue weighted by Crippen LogP contribution is 2.25. The second-order valence-electron chi connectivity index (χ2n) is 5.40. The van der Waals surface area contributed by atoms with Crippen LogP contribution in [0, 0.1) is 5.92 Å². The van der Waals surface area contributed by atoms with Crippen molar-refractivity contribution in [2.24, 2.45) is 11.7 Å². The first-order valence-corrected chi connectivity index (χ1v) is 6.87. The van der Waals surface area contributed by atoms with Crippen LogP contribution in [0.2, 0.25) is 0 Å². The van der Waals surface area contributed by atoms with Gasteiger partial charge in [0, 0.05) is 18.0 Å². The first-order chi connectivity index (χ1) is 9.69. The van der Waals surface area contributed by atoms with Crippen molar-refractivity contribution < 1.29 is 0 Å². The molecule has 0 saturated heterocycles. The van der Waals surface area contributed by atoms with Crippen molar-refractivity contribution in [2.45, 2.75) is 19.8 Å². The summed E-state index contributed by atoms with van der Waals surface area (Å²) in [5, 5.41) is 0. The predicted octanol–water partition coefficient (Wildman–Crippen LogP) is 2.65.